The van der Waals surface area contributed by atoms with Crippen molar-refractivity contribution in [3.8, 4) is 0 Å². The Morgan fingerprint density at radius 2 is 1.80 bits per heavy atom. The molecule has 2 unspecified atom stereocenters. The van der Waals surface area contributed by atoms with Crippen molar-refractivity contribution in [2.45, 2.75) is 39.5 Å². The SMILES string of the molecule is CC(N)C(=O)NC(C(C)(C)C)P(=O)(O)O. The van der Waals surface area contributed by atoms with E-state index in [0.717, 1.165) is 0 Å². The second-order valence-corrected chi connectivity index (χ2v) is 6.35. The van der Waals surface area contributed by atoms with Crippen molar-refractivity contribution < 1.29 is 19.1 Å². The zero-order chi connectivity index (χ0) is 12.4. The molecule has 15 heavy (non-hydrogen) atoms. The molecule has 0 spiro atoms. The average molecular weight is 238 g/mol. The van der Waals surface area contributed by atoms with Crippen LogP contribution in [0.2, 0.25) is 0 Å². The highest BCUT2D eigenvalue weighted by atomic mass is 31.2. The van der Waals surface area contributed by atoms with Crippen LogP contribution < -0.4 is 11.1 Å². The summed E-state index contributed by atoms with van der Waals surface area (Å²) in [5, 5.41) is 2.27. The molecule has 0 radical (unpaired) electrons. The lowest BCUT2D eigenvalue weighted by Crippen LogP contribution is -2.48. The maximum Gasteiger partial charge on any atom is 0.348 e. The van der Waals surface area contributed by atoms with Gasteiger partial charge < -0.3 is 20.8 Å². The number of hydrogen-bond donors (Lipinski definition) is 4. The number of hydrogen-bond acceptors (Lipinski definition) is 3. The van der Waals surface area contributed by atoms with E-state index in [4.69, 9.17) is 15.5 Å². The number of nitrogens with one attached hydrogen (secondary N) is 1. The molecule has 0 aromatic carbocycles. The minimum atomic E-state index is -4.38. The number of rotatable bonds is 3. The Hall–Kier alpha value is -0.420. The third-order valence-electron chi connectivity index (χ3n) is 1.85. The van der Waals surface area contributed by atoms with Gasteiger partial charge in [0.25, 0.3) is 0 Å². The van der Waals surface area contributed by atoms with E-state index in [1.54, 1.807) is 20.8 Å². The van der Waals surface area contributed by atoms with Gasteiger partial charge in [-0.1, -0.05) is 20.8 Å². The fourth-order valence-electron chi connectivity index (χ4n) is 1.07. The Balaban J connectivity index is 4.86. The molecule has 5 N–H and O–H groups in total. The van der Waals surface area contributed by atoms with Crippen LogP contribution in [0, 0.1) is 5.41 Å². The van der Waals surface area contributed by atoms with E-state index in [0.29, 0.717) is 0 Å². The molecule has 2 atom stereocenters. The van der Waals surface area contributed by atoms with E-state index >= 15 is 0 Å². The van der Waals surface area contributed by atoms with Crippen LogP contribution in [0.25, 0.3) is 0 Å². The molecule has 6 nitrogen and oxygen atoms in total. The molecule has 0 saturated carbocycles. The maximum atomic E-state index is 11.3. The highest BCUT2D eigenvalue weighted by Gasteiger charge is 2.40. The quantitative estimate of drug-likeness (QED) is 0.517. The van der Waals surface area contributed by atoms with Crippen molar-refractivity contribution in [3.05, 3.63) is 0 Å². The molecule has 0 aliphatic carbocycles. The summed E-state index contributed by atoms with van der Waals surface area (Å²) in [5.41, 5.74) is 4.57. The van der Waals surface area contributed by atoms with E-state index in [1.165, 1.54) is 6.92 Å². The van der Waals surface area contributed by atoms with Crippen LogP contribution in [-0.2, 0) is 9.36 Å². The minimum absolute atomic E-state index is 0.571. The molecule has 0 rings (SSSR count). The first-order valence-electron chi connectivity index (χ1n) is 4.57. The Bertz CT molecular complexity index is 279. The van der Waals surface area contributed by atoms with Crippen molar-refractivity contribution in [1.82, 2.24) is 5.32 Å². The predicted molar refractivity (Wildman–Crippen MR) is 57.1 cm³/mol. The van der Waals surface area contributed by atoms with Gasteiger partial charge in [-0.3, -0.25) is 9.36 Å². The van der Waals surface area contributed by atoms with Gasteiger partial charge in [-0.2, -0.15) is 0 Å². The fourth-order valence-corrected chi connectivity index (χ4v) is 2.38. The lowest BCUT2D eigenvalue weighted by molar-refractivity contribution is -0.122. The Labute approximate surface area is 89.4 Å². The minimum Gasteiger partial charge on any atom is -0.340 e. The van der Waals surface area contributed by atoms with Gasteiger partial charge in [-0.15, -0.1) is 0 Å². The van der Waals surface area contributed by atoms with E-state index in [1.807, 2.05) is 0 Å². The smallest absolute Gasteiger partial charge is 0.340 e. The van der Waals surface area contributed by atoms with E-state index < -0.39 is 30.7 Å². The van der Waals surface area contributed by atoms with E-state index in [-0.39, 0.29) is 0 Å². The van der Waals surface area contributed by atoms with Crippen LogP contribution in [-0.4, -0.2) is 27.5 Å². The van der Waals surface area contributed by atoms with Crippen molar-refractivity contribution in [1.29, 1.82) is 0 Å². The fraction of sp³-hybridized carbons (Fsp3) is 0.875. The van der Waals surface area contributed by atoms with Gasteiger partial charge in [-0.25, -0.2) is 0 Å². The standard InChI is InChI=1S/C8H19N2O4P/c1-5(9)6(11)10-7(8(2,3)4)15(12,13)14/h5,7H,9H2,1-4H3,(H,10,11)(H2,12,13,14). The summed E-state index contributed by atoms with van der Waals surface area (Å²) in [6, 6.07) is -0.790. The predicted octanol–water partition coefficient (Wildman–Crippen LogP) is -0.000300. The summed E-state index contributed by atoms with van der Waals surface area (Å²) in [6.45, 7) is 6.36. The second-order valence-electron chi connectivity index (χ2n) is 4.65. The van der Waals surface area contributed by atoms with E-state index in [9.17, 15) is 9.36 Å². The lowest BCUT2D eigenvalue weighted by atomic mass is 9.96. The zero-order valence-electron chi connectivity index (χ0n) is 9.39. The molecule has 90 valence electrons. The summed E-state index contributed by atoms with van der Waals surface area (Å²) in [5.74, 6) is -1.79. The molecule has 0 aliphatic heterocycles. The van der Waals surface area contributed by atoms with Gasteiger partial charge in [0.2, 0.25) is 5.91 Å². The molecule has 1 amide bonds. The maximum absolute atomic E-state index is 11.3. The van der Waals surface area contributed by atoms with Gasteiger partial charge >= 0.3 is 7.60 Å². The van der Waals surface area contributed by atoms with Gasteiger partial charge in [-0.05, 0) is 12.3 Å². The molecule has 0 heterocycles. The molecule has 7 heteroatoms. The molecule has 0 saturated heterocycles. The molecular weight excluding hydrogens is 219 g/mol. The summed E-state index contributed by atoms with van der Waals surface area (Å²) < 4.78 is 11.2. The summed E-state index contributed by atoms with van der Waals surface area (Å²) in [7, 11) is -4.38. The van der Waals surface area contributed by atoms with Crippen molar-refractivity contribution in [2.75, 3.05) is 0 Å². The molecule has 0 fully saturated rings. The summed E-state index contributed by atoms with van der Waals surface area (Å²) in [4.78, 5) is 29.5. The Morgan fingerprint density at radius 1 is 1.40 bits per heavy atom. The molecule has 0 aromatic heterocycles. The molecule has 0 bridgehead atoms. The van der Waals surface area contributed by atoms with Crippen molar-refractivity contribution in [3.63, 3.8) is 0 Å². The Morgan fingerprint density at radius 3 is 2.00 bits per heavy atom. The molecular formula is C8H19N2O4P. The van der Waals surface area contributed by atoms with E-state index in [2.05, 4.69) is 5.32 Å². The van der Waals surface area contributed by atoms with Crippen LogP contribution in [0.1, 0.15) is 27.7 Å². The topological polar surface area (TPSA) is 113 Å². The summed E-state index contributed by atoms with van der Waals surface area (Å²) >= 11 is 0. The van der Waals surface area contributed by atoms with Gasteiger partial charge in [0.05, 0.1) is 6.04 Å². The van der Waals surface area contributed by atoms with Crippen LogP contribution in [0.4, 0.5) is 0 Å². The third kappa shape index (κ3) is 4.75. The Kier molecular flexibility index (Phi) is 4.49. The largest absolute Gasteiger partial charge is 0.348 e. The monoisotopic (exact) mass is 238 g/mol. The average Bonchev–Trinajstić information content (AvgIpc) is 1.94. The number of carbonyl (C=O) groups excluding carboxylic acids is 1. The zero-order valence-corrected chi connectivity index (χ0v) is 10.3. The first-order valence-corrected chi connectivity index (χ1v) is 6.25. The summed E-state index contributed by atoms with van der Waals surface area (Å²) in [6.07, 6.45) is 0. The van der Waals surface area contributed by atoms with Crippen LogP contribution in [0.5, 0.6) is 0 Å². The van der Waals surface area contributed by atoms with Crippen molar-refractivity contribution >= 4 is 13.5 Å². The number of carbonyl (C=O) groups is 1. The second kappa shape index (κ2) is 4.61. The van der Waals surface area contributed by atoms with Gasteiger partial charge in [0.1, 0.15) is 5.78 Å². The van der Waals surface area contributed by atoms with Crippen molar-refractivity contribution in [2.24, 2.45) is 11.1 Å². The molecule has 0 aliphatic rings. The first kappa shape index (κ1) is 14.6. The number of nitrogens with two attached hydrogens (primary N) is 1. The highest BCUT2D eigenvalue weighted by Crippen LogP contribution is 2.47. The first-order chi connectivity index (χ1) is 6.46. The van der Waals surface area contributed by atoms with Gasteiger partial charge in [0.15, 0.2) is 0 Å². The lowest BCUT2D eigenvalue weighted by Gasteiger charge is -2.32. The normalized spacial score (nSPS) is 17.0. The van der Waals surface area contributed by atoms with Crippen LogP contribution >= 0.6 is 7.60 Å². The third-order valence-corrected chi connectivity index (χ3v) is 3.43. The van der Waals surface area contributed by atoms with Gasteiger partial charge in [0, 0.05) is 0 Å². The number of amides is 1. The van der Waals surface area contributed by atoms with Crippen LogP contribution in [0.3, 0.4) is 0 Å². The molecule has 0 aromatic rings. The van der Waals surface area contributed by atoms with Crippen LogP contribution in [0.15, 0.2) is 0 Å². The highest BCUT2D eigenvalue weighted by molar-refractivity contribution is 7.52.